The average molecular weight is 760 g/mol. The van der Waals surface area contributed by atoms with E-state index in [1.54, 1.807) is 62.3 Å². The molecule has 3 aliphatic heterocycles. The van der Waals surface area contributed by atoms with Crippen LogP contribution >= 0.6 is 0 Å². The van der Waals surface area contributed by atoms with Crippen LogP contribution in [0.3, 0.4) is 0 Å². The minimum Gasteiger partial charge on any atom is -0.483 e. The van der Waals surface area contributed by atoms with E-state index in [9.17, 15) is 28.8 Å². The van der Waals surface area contributed by atoms with E-state index in [-0.39, 0.29) is 17.2 Å². The van der Waals surface area contributed by atoms with E-state index in [2.05, 4.69) is 0 Å². The maximum atomic E-state index is 13.3. The highest BCUT2D eigenvalue weighted by Crippen LogP contribution is 2.30. The Hall–Kier alpha value is -4.56. The summed E-state index contributed by atoms with van der Waals surface area (Å²) in [6.07, 6.45) is 3.33. The van der Waals surface area contributed by atoms with Crippen molar-refractivity contribution in [3.05, 3.63) is 18.2 Å². The molecule has 0 unspecified atom stereocenters. The number of ether oxygens (including phenoxy) is 6. The van der Waals surface area contributed by atoms with Crippen molar-refractivity contribution in [2.45, 2.75) is 136 Å². The van der Waals surface area contributed by atoms with Crippen molar-refractivity contribution in [2.75, 3.05) is 39.5 Å². The zero-order chi connectivity index (χ0) is 40.0. The highest BCUT2D eigenvalue weighted by atomic mass is 16.6. The monoisotopic (exact) mass is 759 g/mol. The minimum atomic E-state index is -0.726. The van der Waals surface area contributed by atoms with Crippen LogP contribution in [0.1, 0.15) is 101 Å². The molecule has 0 aromatic heterocycles. The quantitative estimate of drug-likeness (QED) is 0.224. The molecule has 0 saturated carbocycles. The van der Waals surface area contributed by atoms with Crippen LogP contribution in [-0.4, -0.2) is 125 Å². The molecule has 15 heteroatoms. The van der Waals surface area contributed by atoms with Gasteiger partial charge in [-0.05, 0) is 101 Å². The Kier molecular flexibility index (Phi) is 13.5. The van der Waals surface area contributed by atoms with Crippen molar-refractivity contribution >= 4 is 35.6 Å². The van der Waals surface area contributed by atoms with E-state index < -0.39 is 90.4 Å². The zero-order valence-electron chi connectivity index (χ0n) is 33.2. The summed E-state index contributed by atoms with van der Waals surface area (Å²) in [5, 5.41) is 0. The molecule has 0 N–H and O–H groups in total. The smallest absolute Gasteiger partial charge is 0.329 e. The molecule has 3 saturated heterocycles. The largest absolute Gasteiger partial charge is 0.483 e. The van der Waals surface area contributed by atoms with Gasteiger partial charge in [0, 0.05) is 37.8 Å². The summed E-state index contributed by atoms with van der Waals surface area (Å²) in [7, 11) is 0. The molecule has 0 aliphatic carbocycles. The number of hydrogen-bond acceptors (Lipinski definition) is 12. The molecule has 3 heterocycles. The molecule has 3 fully saturated rings. The van der Waals surface area contributed by atoms with Gasteiger partial charge < -0.3 is 43.1 Å². The number of esters is 3. The first-order valence-corrected chi connectivity index (χ1v) is 18.7. The van der Waals surface area contributed by atoms with E-state index in [1.807, 2.05) is 0 Å². The summed E-state index contributed by atoms with van der Waals surface area (Å²) in [5.41, 5.74) is -2.12. The Balaban J connectivity index is 1.47. The second kappa shape index (κ2) is 17.3. The van der Waals surface area contributed by atoms with Crippen LogP contribution in [0.2, 0.25) is 0 Å². The fourth-order valence-corrected chi connectivity index (χ4v) is 6.52. The summed E-state index contributed by atoms with van der Waals surface area (Å²) < 4.78 is 34.2. The minimum absolute atomic E-state index is 0.143. The van der Waals surface area contributed by atoms with Gasteiger partial charge in [-0.25, -0.2) is 14.4 Å². The molecule has 0 spiro atoms. The molecule has 15 nitrogen and oxygen atoms in total. The summed E-state index contributed by atoms with van der Waals surface area (Å²) in [4.78, 5) is 82.7. The van der Waals surface area contributed by atoms with Gasteiger partial charge in [0.15, 0.2) is 19.8 Å². The second-order valence-electron chi connectivity index (χ2n) is 16.8. The number of amides is 3. The number of benzene rings is 1. The van der Waals surface area contributed by atoms with Crippen molar-refractivity contribution in [1.82, 2.24) is 14.7 Å². The second-order valence-corrected chi connectivity index (χ2v) is 16.8. The van der Waals surface area contributed by atoms with Crippen molar-refractivity contribution in [1.29, 1.82) is 0 Å². The first-order valence-electron chi connectivity index (χ1n) is 18.7. The van der Waals surface area contributed by atoms with Crippen LogP contribution in [0.5, 0.6) is 17.2 Å². The zero-order valence-corrected chi connectivity index (χ0v) is 33.2. The van der Waals surface area contributed by atoms with E-state index >= 15 is 0 Å². The fourth-order valence-electron chi connectivity index (χ4n) is 6.52. The van der Waals surface area contributed by atoms with Crippen molar-refractivity contribution in [2.24, 2.45) is 0 Å². The number of likely N-dealkylation sites (tertiary alicyclic amines) is 3. The van der Waals surface area contributed by atoms with Gasteiger partial charge in [-0.2, -0.15) is 0 Å². The van der Waals surface area contributed by atoms with E-state index in [4.69, 9.17) is 28.4 Å². The van der Waals surface area contributed by atoms with Gasteiger partial charge in [0.2, 0.25) is 0 Å². The van der Waals surface area contributed by atoms with Gasteiger partial charge in [-0.3, -0.25) is 14.4 Å². The Labute approximate surface area is 317 Å². The average Bonchev–Trinajstić information content (AvgIpc) is 3.83. The number of carbonyl (C=O) groups excluding carboxylic acids is 6. The summed E-state index contributed by atoms with van der Waals surface area (Å²) in [6, 6.07) is 2.24. The summed E-state index contributed by atoms with van der Waals surface area (Å²) >= 11 is 0. The molecule has 3 amide bonds. The lowest BCUT2D eigenvalue weighted by atomic mass is 10.1. The van der Waals surface area contributed by atoms with Gasteiger partial charge >= 0.3 is 17.9 Å². The van der Waals surface area contributed by atoms with E-state index in [0.717, 1.165) is 0 Å². The van der Waals surface area contributed by atoms with Gasteiger partial charge in [0.25, 0.3) is 17.7 Å². The normalized spacial score (nSPS) is 20.4. The van der Waals surface area contributed by atoms with Gasteiger partial charge in [0.05, 0.1) is 0 Å². The summed E-state index contributed by atoms with van der Waals surface area (Å²) in [6.45, 7) is 15.7. The lowest BCUT2D eigenvalue weighted by molar-refractivity contribution is -0.164. The van der Waals surface area contributed by atoms with Crippen molar-refractivity contribution < 1.29 is 57.2 Å². The topological polar surface area (TPSA) is 168 Å². The molecular weight excluding hydrogens is 702 g/mol. The first-order chi connectivity index (χ1) is 25.1. The number of rotatable bonds is 12. The van der Waals surface area contributed by atoms with E-state index in [0.29, 0.717) is 58.2 Å². The molecule has 4 rings (SSSR count). The van der Waals surface area contributed by atoms with Crippen LogP contribution in [0.15, 0.2) is 18.2 Å². The van der Waals surface area contributed by atoms with Crippen LogP contribution in [-0.2, 0) is 43.0 Å². The molecule has 54 heavy (non-hydrogen) atoms. The molecule has 3 atom stereocenters. The fraction of sp³-hybridized carbons (Fsp3) is 0.692. The molecule has 3 aliphatic rings. The predicted octanol–water partition coefficient (Wildman–Crippen LogP) is 3.82. The Bertz CT molecular complexity index is 1360. The number of nitrogens with zero attached hydrogens (tertiary/aromatic N) is 3. The third-order valence-corrected chi connectivity index (χ3v) is 8.70. The van der Waals surface area contributed by atoms with Crippen LogP contribution in [0.4, 0.5) is 0 Å². The third kappa shape index (κ3) is 12.2. The number of carbonyl (C=O) groups is 6. The first kappa shape index (κ1) is 42.2. The van der Waals surface area contributed by atoms with Gasteiger partial charge in [-0.15, -0.1) is 0 Å². The SMILES string of the molecule is CC(C)(C)OC(=O)[C@H]1CCCN1C(=O)COc1cc(OCC(=O)N2CCC[C@@H]2C(=O)OC(C)(C)C)cc(OCC(=O)N2CCC[C@@H]2C(=O)OC(C)(C)C)c1. The molecular formula is C39H57N3O12. The molecule has 1 aromatic rings. The number of hydrogen-bond donors (Lipinski definition) is 0. The molecule has 0 bridgehead atoms. The highest BCUT2D eigenvalue weighted by Gasteiger charge is 2.39. The van der Waals surface area contributed by atoms with Crippen molar-refractivity contribution in [3.8, 4) is 17.2 Å². The highest BCUT2D eigenvalue weighted by molar-refractivity contribution is 5.87. The van der Waals surface area contributed by atoms with Crippen molar-refractivity contribution in [3.63, 3.8) is 0 Å². The summed E-state index contributed by atoms with van der Waals surface area (Å²) in [5.74, 6) is -2.28. The molecule has 0 radical (unpaired) electrons. The third-order valence-electron chi connectivity index (χ3n) is 8.70. The predicted molar refractivity (Wildman–Crippen MR) is 195 cm³/mol. The Morgan fingerprint density at radius 3 is 0.944 bits per heavy atom. The van der Waals surface area contributed by atoms with Gasteiger partial charge in [-0.1, -0.05) is 0 Å². The lowest BCUT2D eigenvalue weighted by Gasteiger charge is -2.27. The maximum absolute atomic E-state index is 13.3. The van der Waals surface area contributed by atoms with Crippen LogP contribution < -0.4 is 14.2 Å². The van der Waals surface area contributed by atoms with Crippen LogP contribution in [0.25, 0.3) is 0 Å². The molecule has 300 valence electrons. The maximum Gasteiger partial charge on any atom is 0.329 e. The van der Waals surface area contributed by atoms with Crippen LogP contribution in [0, 0.1) is 0 Å². The molecule has 1 aromatic carbocycles. The Morgan fingerprint density at radius 1 is 0.481 bits per heavy atom. The lowest BCUT2D eigenvalue weighted by Crippen LogP contribution is -2.45. The Morgan fingerprint density at radius 2 is 0.722 bits per heavy atom. The van der Waals surface area contributed by atoms with Gasteiger partial charge in [0.1, 0.15) is 52.2 Å². The standard InChI is InChI=1S/C39H57N3O12/c1-37(2,3)52-34(46)28-13-10-16-40(28)31(43)22-49-25-19-26(50-23-32(44)41-17-11-14-29(41)35(47)53-38(4,5)6)21-27(20-25)51-24-33(45)42-18-12-15-30(42)36(48)54-39(7,8)9/h19-21,28-30H,10-18,22-24H2,1-9H3/t28-,29-,30-/m1/s1. The van der Waals surface area contributed by atoms with E-state index in [1.165, 1.54) is 32.9 Å².